The summed E-state index contributed by atoms with van der Waals surface area (Å²) in [6, 6.07) is 2.74. The van der Waals surface area contributed by atoms with E-state index >= 15 is 0 Å². The van der Waals surface area contributed by atoms with Crippen LogP contribution in [0.1, 0.15) is 10.5 Å². The molecule has 1 saturated heterocycles. The van der Waals surface area contributed by atoms with Gasteiger partial charge in [-0.3, -0.25) is 4.79 Å². The predicted octanol–water partition coefficient (Wildman–Crippen LogP) is -0.146. The first-order valence-corrected chi connectivity index (χ1v) is 6.18. The van der Waals surface area contributed by atoms with Crippen LogP contribution in [-0.2, 0) is 4.74 Å². The second-order valence-electron chi connectivity index (χ2n) is 4.08. The van der Waals surface area contributed by atoms with Gasteiger partial charge in [-0.05, 0) is 12.1 Å². The van der Waals surface area contributed by atoms with Crippen LogP contribution in [0, 0.1) is 0 Å². The number of aromatic nitrogens is 1. The molecule has 0 aromatic carbocycles. The molecule has 19 heavy (non-hydrogen) atoms. The molecule has 0 radical (unpaired) electrons. The maximum Gasteiger partial charge on any atom is 0.274 e. The summed E-state index contributed by atoms with van der Waals surface area (Å²) >= 11 is 5.99. The first-order valence-electron chi connectivity index (χ1n) is 5.80. The number of nitrogens with zero attached hydrogens (tertiary/aromatic N) is 2. The van der Waals surface area contributed by atoms with Crippen molar-refractivity contribution in [2.75, 3.05) is 31.8 Å². The number of nitrogens with one attached hydrogen (secondary N) is 1. The van der Waals surface area contributed by atoms with Gasteiger partial charge in [-0.2, -0.15) is 0 Å². The van der Waals surface area contributed by atoms with E-state index in [1.807, 2.05) is 0 Å². The lowest BCUT2D eigenvalue weighted by Crippen LogP contribution is -2.50. The van der Waals surface area contributed by atoms with E-state index in [9.17, 15) is 9.90 Å². The molecule has 1 aromatic heterocycles. The number of aliphatic hydroxyl groups excluding tert-OH is 1. The number of pyridine rings is 1. The second kappa shape index (κ2) is 6.16. The summed E-state index contributed by atoms with van der Waals surface area (Å²) in [6.45, 7) is 0.948. The molecule has 1 aliphatic rings. The zero-order valence-electron chi connectivity index (χ0n) is 10.2. The minimum atomic E-state index is -0.381. The Morgan fingerprint density at radius 2 is 2.47 bits per heavy atom. The number of hydrazine groups is 1. The molecule has 1 unspecified atom stereocenters. The molecule has 2 heterocycles. The third-order valence-electron chi connectivity index (χ3n) is 2.90. The molecule has 2 rings (SSSR count). The summed E-state index contributed by atoms with van der Waals surface area (Å²) in [7, 11) is 0. The van der Waals surface area contributed by atoms with Gasteiger partial charge < -0.3 is 20.2 Å². The van der Waals surface area contributed by atoms with Crippen LogP contribution >= 0.6 is 11.6 Å². The van der Waals surface area contributed by atoms with E-state index in [1.54, 1.807) is 12.1 Å². The van der Waals surface area contributed by atoms with Gasteiger partial charge >= 0.3 is 0 Å². The van der Waals surface area contributed by atoms with Crippen molar-refractivity contribution >= 4 is 23.3 Å². The topological polar surface area (TPSA) is 101 Å². The first kappa shape index (κ1) is 14.0. The Kier molecular flexibility index (Phi) is 4.54. The number of rotatable bonds is 3. The molecule has 1 amide bonds. The highest BCUT2D eigenvalue weighted by molar-refractivity contribution is 6.33. The lowest BCUT2D eigenvalue weighted by atomic mass is 10.2. The van der Waals surface area contributed by atoms with E-state index in [2.05, 4.69) is 10.4 Å². The van der Waals surface area contributed by atoms with Gasteiger partial charge in [0.05, 0.1) is 30.9 Å². The SMILES string of the molecule is NNc1ccc(Cl)c(C(=O)N2CCOCC2CO)n1. The van der Waals surface area contributed by atoms with Crippen molar-refractivity contribution in [3.05, 3.63) is 22.8 Å². The molecular weight excluding hydrogens is 272 g/mol. The van der Waals surface area contributed by atoms with Gasteiger partial charge in [-0.1, -0.05) is 11.6 Å². The molecule has 8 heteroatoms. The number of hydrogen-bond acceptors (Lipinski definition) is 6. The second-order valence-corrected chi connectivity index (χ2v) is 4.49. The van der Waals surface area contributed by atoms with Crippen LogP contribution in [-0.4, -0.2) is 53.3 Å². The number of carbonyl (C=O) groups excluding carboxylic acids is 1. The molecular formula is C11H15ClN4O3. The van der Waals surface area contributed by atoms with Crippen LogP contribution in [0.15, 0.2) is 12.1 Å². The fourth-order valence-corrected chi connectivity index (χ4v) is 2.07. The maximum atomic E-state index is 12.4. The Hall–Kier alpha value is -1.41. The molecule has 0 spiro atoms. The van der Waals surface area contributed by atoms with Crippen molar-refractivity contribution in [1.82, 2.24) is 9.88 Å². The highest BCUT2D eigenvalue weighted by Crippen LogP contribution is 2.20. The summed E-state index contributed by atoms with van der Waals surface area (Å²) in [5.74, 6) is 5.27. The smallest absolute Gasteiger partial charge is 0.274 e. The number of carbonyl (C=O) groups is 1. The van der Waals surface area contributed by atoms with Crippen LogP contribution < -0.4 is 11.3 Å². The number of morpholine rings is 1. The van der Waals surface area contributed by atoms with Crippen molar-refractivity contribution in [2.24, 2.45) is 5.84 Å². The molecule has 1 aliphatic heterocycles. The van der Waals surface area contributed by atoms with Gasteiger partial charge in [-0.25, -0.2) is 10.8 Å². The molecule has 4 N–H and O–H groups in total. The largest absolute Gasteiger partial charge is 0.394 e. The quantitative estimate of drug-likeness (QED) is 0.528. The molecule has 104 valence electrons. The van der Waals surface area contributed by atoms with Gasteiger partial charge in [0.2, 0.25) is 0 Å². The number of ether oxygens (including phenoxy) is 1. The number of anilines is 1. The predicted molar refractivity (Wildman–Crippen MR) is 69.8 cm³/mol. The number of halogens is 1. The van der Waals surface area contributed by atoms with Crippen LogP contribution in [0.3, 0.4) is 0 Å². The number of hydrogen-bond donors (Lipinski definition) is 3. The molecule has 0 bridgehead atoms. The van der Waals surface area contributed by atoms with Crippen LogP contribution in [0.2, 0.25) is 5.02 Å². The Balaban J connectivity index is 2.27. The van der Waals surface area contributed by atoms with Gasteiger partial charge in [-0.15, -0.1) is 0 Å². The average Bonchev–Trinajstić information content (AvgIpc) is 2.47. The maximum absolute atomic E-state index is 12.4. The van der Waals surface area contributed by atoms with E-state index < -0.39 is 0 Å². The van der Waals surface area contributed by atoms with Crippen LogP contribution in [0.4, 0.5) is 5.82 Å². The van der Waals surface area contributed by atoms with E-state index in [4.69, 9.17) is 22.2 Å². The highest BCUT2D eigenvalue weighted by Gasteiger charge is 2.29. The first-order chi connectivity index (χ1) is 9.17. The number of aliphatic hydroxyl groups is 1. The Morgan fingerprint density at radius 1 is 1.68 bits per heavy atom. The third-order valence-corrected chi connectivity index (χ3v) is 3.20. The van der Waals surface area contributed by atoms with E-state index in [0.717, 1.165) is 0 Å². The lowest BCUT2D eigenvalue weighted by Gasteiger charge is -2.34. The zero-order chi connectivity index (χ0) is 13.8. The summed E-state index contributed by atoms with van der Waals surface area (Å²) in [4.78, 5) is 18.0. The summed E-state index contributed by atoms with van der Waals surface area (Å²) in [5.41, 5.74) is 2.47. The lowest BCUT2D eigenvalue weighted by molar-refractivity contribution is -0.0186. The van der Waals surface area contributed by atoms with Crippen molar-refractivity contribution in [3.63, 3.8) is 0 Å². The summed E-state index contributed by atoms with van der Waals surface area (Å²) < 4.78 is 5.22. The monoisotopic (exact) mass is 286 g/mol. The molecule has 0 saturated carbocycles. The number of amides is 1. The molecule has 7 nitrogen and oxygen atoms in total. The van der Waals surface area contributed by atoms with E-state index in [1.165, 1.54) is 4.90 Å². The van der Waals surface area contributed by atoms with Crippen molar-refractivity contribution in [3.8, 4) is 0 Å². The molecule has 1 atom stereocenters. The Labute approximate surface area is 115 Å². The molecule has 1 fully saturated rings. The van der Waals surface area contributed by atoms with E-state index in [0.29, 0.717) is 25.6 Å². The normalized spacial score (nSPS) is 19.3. The molecule has 0 aliphatic carbocycles. The molecule has 1 aromatic rings. The highest BCUT2D eigenvalue weighted by atomic mass is 35.5. The van der Waals surface area contributed by atoms with Crippen molar-refractivity contribution in [1.29, 1.82) is 0 Å². The fourth-order valence-electron chi connectivity index (χ4n) is 1.88. The van der Waals surface area contributed by atoms with Crippen LogP contribution in [0.5, 0.6) is 0 Å². The number of nitrogen functional groups attached to an aromatic ring is 1. The van der Waals surface area contributed by atoms with Gasteiger partial charge in [0.1, 0.15) is 11.5 Å². The van der Waals surface area contributed by atoms with Crippen molar-refractivity contribution in [2.45, 2.75) is 6.04 Å². The standard InChI is InChI=1S/C11H15ClN4O3/c12-8-1-2-9(15-13)14-10(8)11(18)16-3-4-19-6-7(16)5-17/h1-2,7,17H,3-6,13H2,(H,14,15). The fraction of sp³-hybridized carbons (Fsp3) is 0.455. The van der Waals surface area contributed by atoms with Gasteiger partial charge in [0, 0.05) is 6.54 Å². The Morgan fingerprint density at radius 3 is 3.16 bits per heavy atom. The number of nitrogens with two attached hydrogens (primary N) is 1. The third kappa shape index (κ3) is 2.95. The summed E-state index contributed by atoms with van der Waals surface area (Å²) in [5, 5.41) is 9.51. The minimum Gasteiger partial charge on any atom is -0.394 e. The summed E-state index contributed by atoms with van der Waals surface area (Å²) in [6.07, 6.45) is 0. The van der Waals surface area contributed by atoms with E-state index in [-0.39, 0.29) is 29.3 Å². The van der Waals surface area contributed by atoms with Gasteiger partial charge in [0.15, 0.2) is 0 Å². The van der Waals surface area contributed by atoms with Gasteiger partial charge in [0.25, 0.3) is 5.91 Å². The average molecular weight is 287 g/mol. The van der Waals surface area contributed by atoms with Crippen molar-refractivity contribution < 1.29 is 14.6 Å². The van der Waals surface area contributed by atoms with Crippen LogP contribution in [0.25, 0.3) is 0 Å². The minimum absolute atomic E-state index is 0.109. The zero-order valence-corrected chi connectivity index (χ0v) is 10.9. The Bertz CT molecular complexity index is 471.